The molecule has 3 aromatic rings. The van der Waals surface area contributed by atoms with E-state index in [4.69, 9.17) is 17.0 Å². The van der Waals surface area contributed by atoms with E-state index in [1.54, 1.807) is 30.5 Å². The summed E-state index contributed by atoms with van der Waals surface area (Å²) in [5, 5.41) is 13.1. The Balaban J connectivity index is 1.74. The van der Waals surface area contributed by atoms with Crippen LogP contribution in [0.25, 0.3) is 5.69 Å². The topological polar surface area (TPSA) is 96.7 Å². The molecule has 9 heteroatoms. The van der Waals surface area contributed by atoms with Crippen LogP contribution < -0.4 is 5.32 Å². The number of aromatic carboxylic acids is 1. The first-order valence-corrected chi connectivity index (χ1v) is 10.5. The van der Waals surface area contributed by atoms with E-state index < -0.39 is 5.97 Å². The Morgan fingerprint density at radius 2 is 1.94 bits per heavy atom. The number of pyridine rings is 1. The number of esters is 1. The molecule has 0 radical (unpaired) electrons. The van der Waals surface area contributed by atoms with Gasteiger partial charge in [-0.1, -0.05) is 6.07 Å². The number of nitrogens with one attached hydrogen (secondary N) is 1. The summed E-state index contributed by atoms with van der Waals surface area (Å²) in [6.07, 6.45) is 3.84. The van der Waals surface area contributed by atoms with Crippen LogP contribution in [0.15, 0.2) is 67.0 Å². The van der Waals surface area contributed by atoms with Crippen molar-refractivity contribution in [2.45, 2.75) is 18.5 Å². The Bertz CT molecular complexity index is 1130. The van der Waals surface area contributed by atoms with E-state index in [0.29, 0.717) is 11.7 Å². The molecule has 32 heavy (non-hydrogen) atoms. The molecule has 1 aliphatic rings. The normalized spacial score (nSPS) is 17.8. The fourth-order valence-corrected chi connectivity index (χ4v) is 4.25. The molecule has 164 valence electrons. The molecule has 0 unspecified atom stereocenters. The van der Waals surface area contributed by atoms with Gasteiger partial charge in [0.25, 0.3) is 0 Å². The standard InChI is InChI=1S/C23H22N4O4S/c1-31-19(28)11-14-27-21(20(25-23(27)32)17-5-2-3-12-24-17)18-6-4-13-26(18)16-9-7-15(8-10-16)22(29)30/h2-10,12-13,20-21H,11,14H2,1H3,(H,25,32)(H,29,30)/t20-,21+/m0/s1. The average Bonchev–Trinajstić information content (AvgIpc) is 3.42. The van der Waals surface area contributed by atoms with Crippen LogP contribution in [0.1, 0.15) is 40.3 Å². The number of ether oxygens (including phenoxy) is 1. The summed E-state index contributed by atoms with van der Waals surface area (Å²) in [6.45, 7) is 0.385. The fraction of sp³-hybridized carbons (Fsp3) is 0.217. The van der Waals surface area contributed by atoms with Crippen molar-refractivity contribution >= 4 is 29.3 Å². The number of carboxylic acid groups (broad SMARTS) is 1. The highest BCUT2D eigenvalue weighted by atomic mass is 32.1. The second-order valence-electron chi connectivity index (χ2n) is 7.30. The highest BCUT2D eigenvalue weighted by molar-refractivity contribution is 7.80. The van der Waals surface area contributed by atoms with E-state index in [-0.39, 0.29) is 30.0 Å². The average molecular weight is 451 g/mol. The lowest BCUT2D eigenvalue weighted by Crippen LogP contribution is -2.32. The second kappa shape index (κ2) is 9.19. The molecule has 3 heterocycles. The van der Waals surface area contributed by atoms with Crippen molar-refractivity contribution in [3.63, 3.8) is 0 Å². The molecule has 2 N–H and O–H groups in total. The predicted octanol–water partition coefficient (Wildman–Crippen LogP) is 3.11. The number of carbonyl (C=O) groups excluding carboxylic acids is 1. The van der Waals surface area contributed by atoms with E-state index in [1.165, 1.54) is 7.11 Å². The number of carbonyl (C=O) groups is 2. The number of nitrogens with zero attached hydrogens (tertiary/aromatic N) is 3. The van der Waals surface area contributed by atoms with Gasteiger partial charge >= 0.3 is 11.9 Å². The minimum atomic E-state index is -0.973. The SMILES string of the molecule is COC(=O)CCN1C(=S)N[C@@H](c2ccccn2)[C@H]1c1cccn1-c1ccc(C(=O)O)cc1. The van der Waals surface area contributed by atoms with Gasteiger partial charge in [-0.05, 0) is 60.7 Å². The van der Waals surface area contributed by atoms with Gasteiger partial charge in [0.1, 0.15) is 0 Å². The van der Waals surface area contributed by atoms with Crippen LogP contribution in [-0.2, 0) is 9.53 Å². The maximum atomic E-state index is 11.8. The molecule has 2 atom stereocenters. The van der Waals surface area contributed by atoms with E-state index >= 15 is 0 Å². The minimum absolute atomic E-state index is 0.192. The number of rotatable bonds is 7. The van der Waals surface area contributed by atoms with Crippen molar-refractivity contribution in [3.8, 4) is 5.69 Å². The zero-order valence-electron chi connectivity index (χ0n) is 17.3. The summed E-state index contributed by atoms with van der Waals surface area (Å²) in [7, 11) is 1.36. The Hall–Kier alpha value is -3.72. The maximum Gasteiger partial charge on any atom is 0.335 e. The molecule has 1 aliphatic heterocycles. The van der Waals surface area contributed by atoms with Crippen molar-refractivity contribution < 1.29 is 19.4 Å². The summed E-state index contributed by atoms with van der Waals surface area (Å²) in [4.78, 5) is 29.5. The predicted molar refractivity (Wildman–Crippen MR) is 122 cm³/mol. The lowest BCUT2D eigenvalue weighted by atomic mass is 10.0. The van der Waals surface area contributed by atoms with Crippen molar-refractivity contribution in [1.29, 1.82) is 0 Å². The van der Waals surface area contributed by atoms with Crippen LogP contribution in [-0.4, -0.2) is 50.3 Å². The number of hydrogen-bond acceptors (Lipinski definition) is 5. The third kappa shape index (κ3) is 4.19. The molecule has 2 aromatic heterocycles. The molecular weight excluding hydrogens is 428 g/mol. The van der Waals surface area contributed by atoms with Gasteiger partial charge in [0.05, 0.1) is 36.9 Å². The Labute approximate surface area is 190 Å². The number of hydrogen-bond donors (Lipinski definition) is 2. The first-order chi connectivity index (χ1) is 15.5. The zero-order valence-corrected chi connectivity index (χ0v) is 18.2. The van der Waals surface area contributed by atoms with E-state index in [1.807, 2.05) is 46.0 Å². The largest absolute Gasteiger partial charge is 0.478 e. The van der Waals surface area contributed by atoms with E-state index in [0.717, 1.165) is 17.1 Å². The van der Waals surface area contributed by atoms with E-state index in [9.17, 15) is 14.7 Å². The van der Waals surface area contributed by atoms with Gasteiger partial charge in [-0.2, -0.15) is 0 Å². The van der Waals surface area contributed by atoms with Gasteiger partial charge in [-0.25, -0.2) is 4.79 Å². The Kier molecular flexibility index (Phi) is 6.18. The summed E-state index contributed by atoms with van der Waals surface area (Å²) < 4.78 is 6.80. The Morgan fingerprint density at radius 1 is 1.16 bits per heavy atom. The molecule has 1 saturated heterocycles. The molecular formula is C23H22N4O4S. The molecule has 8 nitrogen and oxygen atoms in total. The van der Waals surface area contributed by atoms with Crippen molar-refractivity contribution in [2.75, 3.05) is 13.7 Å². The Morgan fingerprint density at radius 3 is 2.59 bits per heavy atom. The van der Waals surface area contributed by atoms with Crippen molar-refractivity contribution in [3.05, 3.63) is 83.9 Å². The minimum Gasteiger partial charge on any atom is -0.478 e. The van der Waals surface area contributed by atoms with Gasteiger partial charge < -0.3 is 24.6 Å². The van der Waals surface area contributed by atoms with Gasteiger partial charge in [-0.3, -0.25) is 9.78 Å². The van der Waals surface area contributed by atoms with Gasteiger partial charge in [-0.15, -0.1) is 0 Å². The molecule has 1 fully saturated rings. The lowest BCUT2D eigenvalue weighted by Gasteiger charge is -2.28. The lowest BCUT2D eigenvalue weighted by molar-refractivity contribution is -0.140. The fourth-order valence-electron chi connectivity index (χ4n) is 3.92. The number of thiocarbonyl (C=S) groups is 1. The van der Waals surface area contributed by atoms with E-state index in [2.05, 4.69) is 10.3 Å². The van der Waals surface area contributed by atoms with Gasteiger partial charge in [0.2, 0.25) is 0 Å². The quantitative estimate of drug-likeness (QED) is 0.419. The van der Waals surface area contributed by atoms with Crippen LogP contribution in [0, 0.1) is 0 Å². The van der Waals surface area contributed by atoms with Gasteiger partial charge in [0.15, 0.2) is 5.11 Å². The van der Waals surface area contributed by atoms with Crippen LogP contribution >= 0.6 is 12.2 Å². The van der Waals surface area contributed by atoms with Crippen LogP contribution in [0.5, 0.6) is 0 Å². The monoisotopic (exact) mass is 450 g/mol. The van der Waals surface area contributed by atoms with Gasteiger partial charge in [0, 0.05) is 30.3 Å². The van der Waals surface area contributed by atoms with Crippen LogP contribution in [0.2, 0.25) is 0 Å². The zero-order chi connectivity index (χ0) is 22.7. The number of carboxylic acids is 1. The molecule has 0 saturated carbocycles. The molecule has 0 spiro atoms. The molecule has 4 rings (SSSR count). The summed E-state index contributed by atoms with van der Waals surface area (Å²) in [5.74, 6) is -1.29. The molecule has 0 bridgehead atoms. The highest BCUT2D eigenvalue weighted by Gasteiger charge is 2.41. The number of methoxy groups -OCH3 is 1. The molecule has 0 amide bonds. The van der Waals surface area contributed by atoms with Crippen LogP contribution in [0.4, 0.5) is 0 Å². The first kappa shape index (κ1) is 21.5. The summed E-state index contributed by atoms with van der Waals surface area (Å²) >= 11 is 5.62. The smallest absolute Gasteiger partial charge is 0.335 e. The third-order valence-electron chi connectivity index (χ3n) is 5.46. The van der Waals surface area contributed by atoms with Crippen LogP contribution in [0.3, 0.4) is 0 Å². The number of aromatic nitrogens is 2. The number of benzene rings is 1. The molecule has 0 aliphatic carbocycles. The maximum absolute atomic E-state index is 11.8. The third-order valence-corrected chi connectivity index (χ3v) is 5.81. The first-order valence-electron chi connectivity index (χ1n) is 10.1. The molecule has 1 aromatic carbocycles. The second-order valence-corrected chi connectivity index (χ2v) is 7.69. The van der Waals surface area contributed by atoms with Crippen molar-refractivity contribution in [2.24, 2.45) is 0 Å². The summed E-state index contributed by atoms with van der Waals surface area (Å²) in [5.41, 5.74) is 2.80. The summed E-state index contributed by atoms with van der Waals surface area (Å²) in [6, 6.07) is 15.8. The highest BCUT2D eigenvalue weighted by Crippen LogP contribution is 2.39. The van der Waals surface area contributed by atoms with Crippen molar-refractivity contribution in [1.82, 2.24) is 19.8 Å².